The van der Waals surface area contributed by atoms with Crippen LogP contribution in [0, 0.1) is 5.82 Å². The van der Waals surface area contributed by atoms with Crippen molar-refractivity contribution in [3.05, 3.63) is 87.8 Å². The van der Waals surface area contributed by atoms with E-state index >= 15 is 0 Å². The summed E-state index contributed by atoms with van der Waals surface area (Å²) in [5.74, 6) is 0.188. The van der Waals surface area contributed by atoms with Gasteiger partial charge < -0.3 is 15.3 Å². The van der Waals surface area contributed by atoms with Gasteiger partial charge in [-0.1, -0.05) is 23.7 Å². The SMILES string of the molecule is O=C(NCCO)c1cccc2c1CCN2c1cc(Cc2ccc(F)c(Cl)c2)ccn1. The number of aromatic nitrogens is 1. The van der Waals surface area contributed by atoms with Crippen molar-refractivity contribution in [2.75, 3.05) is 24.6 Å². The van der Waals surface area contributed by atoms with Gasteiger partial charge in [-0.25, -0.2) is 9.37 Å². The highest BCUT2D eigenvalue weighted by Crippen LogP contribution is 2.35. The van der Waals surface area contributed by atoms with Crippen LogP contribution in [0.25, 0.3) is 0 Å². The Morgan fingerprint density at radius 1 is 1.20 bits per heavy atom. The van der Waals surface area contributed by atoms with Crippen LogP contribution in [0.15, 0.2) is 54.7 Å². The Hall–Kier alpha value is -2.96. The molecule has 1 aromatic heterocycles. The van der Waals surface area contributed by atoms with Crippen LogP contribution in [-0.4, -0.2) is 35.7 Å². The molecule has 0 atom stereocenters. The van der Waals surface area contributed by atoms with E-state index in [2.05, 4.69) is 15.2 Å². The maximum atomic E-state index is 13.4. The van der Waals surface area contributed by atoms with Gasteiger partial charge in [0.1, 0.15) is 11.6 Å². The maximum Gasteiger partial charge on any atom is 0.251 e. The smallest absolute Gasteiger partial charge is 0.251 e. The van der Waals surface area contributed by atoms with Crippen molar-refractivity contribution in [2.45, 2.75) is 12.8 Å². The lowest BCUT2D eigenvalue weighted by Gasteiger charge is -2.19. The van der Waals surface area contributed by atoms with E-state index in [1.54, 1.807) is 24.4 Å². The number of benzene rings is 2. The van der Waals surface area contributed by atoms with Crippen molar-refractivity contribution in [3.8, 4) is 0 Å². The van der Waals surface area contributed by atoms with E-state index in [0.29, 0.717) is 12.0 Å². The third kappa shape index (κ3) is 4.15. The van der Waals surface area contributed by atoms with Crippen LogP contribution in [-0.2, 0) is 12.8 Å². The number of aliphatic hydroxyl groups excluding tert-OH is 1. The number of hydrogen-bond donors (Lipinski definition) is 2. The second-order valence-electron chi connectivity index (χ2n) is 7.13. The fourth-order valence-corrected chi connectivity index (χ4v) is 3.96. The summed E-state index contributed by atoms with van der Waals surface area (Å²) < 4.78 is 13.4. The summed E-state index contributed by atoms with van der Waals surface area (Å²) in [7, 11) is 0. The van der Waals surface area contributed by atoms with Gasteiger partial charge in [0.25, 0.3) is 5.91 Å². The van der Waals surface area contributed by atoms with E-state index in [1.807, 2.05) is 24.3 Å². The first-order valence-corrected chi connectivity index (χ1v) is 10.1. The fourth-order valence-electron chi connectivity index (χ4n) is 3.75. The first-order chi connectivity index (χ1) is 14.6. The van der Waals surface area contributed by atoms with Gasteiger partial charge in [0.15, 0.2) is 0 Å². The molecule has 1 aliphatic rings. The lowest BCUT2D eigenvalue weighted by molar-refractivity contribution is 0.0944. The summed E-state index contributed by atoms with van der Waals surface area (Å²) >= 11 is 5.90. The minimum Gasteiger partial charge on any atom is -0.395 e. The van der Waals surface area contributed by atoms with Gasteiger partial charge in [-0.05, 0) is 65.9 Å². The molecule has 7 heteroatoms. The minimum absolute atomic E-state index is 0.0944. The highest BCUT2D eigenvalue weighted by Gasteiger charge is 2.26. The number of nitrogens with zero attached hydrogens (tertiary/aromatic N) is 2. The number of carbonyl (C=O) groups is 1. The second-order valence-corrected chi connectivity index (χ2v) is 7.54. The Kier molecular flexibility index (Phi) is 5.97. The molecular weight excluding hydrogens is 405 g/mol. The molecule has 0 radical (unpaired) electrons. The molecule has 2 N–H and O–H groups in total. The van der Waals surface area contributed by atoms with Gasteiger partial charge >= 0.3 is 0 Å². The van der Waals surface area contributed by atoms with Crippen molar-refractivity contribution < 1.29 is 14.3 Å². The number of aliphatic hydroxyl groups is 1. The summed E-state index contributed by atoms with van der Waals surface area (Å²) in [6.45, 7) is 0.852. The Labute approximate surface area is 179 Å². The number of anilines is 2. The molecule has 3 aromatic rings. The van der Waals surface area contributed by atoms with E-state index in [0.717, 1.165) is 41.2 Å². The molecule has 5 nitrogen and oxygen atoms in total. The lowest BCUT2D eigenvalue weighted by Crippen LogP contribution is -2.27. The van der Waals surface area contributed by atoms with E-state index < -0.39 is 5.82 Å². The zero-order valence-corrected chi connectivity index (χ0v) is 17.0. The molecule has 0 fully saturated rings. The molecule has 2 aromatic carbocycles. The number of halogens is 2. The molecule has 0 aliphatic carbocycles. The number of pyridine rings is 1. The molecule has 0 spiro atoms. The van der Waals surface area contributed by atoms with Gasteiger partial charge in [0.2, 0.25) is 0 Å². The number of carbonyl (C=O) groups excluding carboxylic acids is 1. The Bertz CT molecular complexity index is 1090. The Morgan fingerprint density at radius 2 is 2.03 bits per heavy atom. The number of nitrogens with one attached hydrogen (secondary N) is 1. The highest BCUT2D eigenvalue weighted by molar-refractivity contribution is 6.30. The lowest BCUT2D eigenvalue weighted by atomic mass is 10.0. The molecule has 2 heterocycles. The molecular formula is C23H21ClFN3O2. The number of amides is 1. The predicted octanol–water partition coefficient (Wildman–Crippen LogP) is 3.88. The largest absolute Gasteiger partial charge is 0.395 e. The summed E-state index contributed by atoms with van der Waals surface area (Å²) in [4.78, 5) is 19.0. The average molecular weight is 426 g/mol. The van der Waals surface area contributed by atoms with Gasteiger partial charge in [-0.15, -0.1) is 0 Å². The number of rotatable bonds is 6. The van der Waals surface area contributed by atoms with Crippen molar-refractivity contribution in [1.82, 2.24) is 10.3 Å². The fraction of sp³-hybridized carbons (Fsp3) is 0.217. The standard InChI is InChI=1S/C23H21ClFN3O2/c24-19-13-15(4-5-20(19)25)12-16-6-8-26-22(14-16)28-10-7-17-18(2-1-3-21(17)28)23(30)27-9-11-29/h1-6,8,13-14,29H,7,9-12H2,(H,27,30). The molecule has 0 saturated carbocycles. The molecule has 4 rings (SSSR count). The average Bonchev–Trinajstić information content (AvgIpc) is 3.19. The topological polar surface area (TPSA) is 65.5 Å². The zero-order chi connectivity index (χ0) is 21.1. The van der Waals surface area contributed by atoms with Crippen LogP contribution in [0.2, 0.25) is 5.02 Å². The first-order valence-electron chi connectivity index (χ1n) is 9.74. The van der Waals surface area contributed by atoms with Gasteiger partial charge in [0.05, 0.1) is 11.6 Å². The third-order valence-electron chi connectivity index (χ3n) is 5.15. The van der Waals surface area contributed by atoms with Crippen LogP contribution < -0.4 is 10.2 Å². The van der Waals surface area contributed by atoms with Crippen LogP contribution in [0.1, 0.15) is 27.0 Å². The maximum absolute atomic E-state index is 13.4. The van der Waals surface area contributed by atoms with Crippen molar-refractivity contribution in [2.24, 2.45) is 0 Å². The summed E-state index contributed by atoms with van der Waals surface area (Å²) in [6, 6.07) is 14.3. The first kappa shape index (κ1) is 20.3. The van der Waals surface area contributed by atoms with Crippen molar-refractivity contribution in [1.29, 1.82) is 0 Å². The highest BCUT2D eigenvalue weighted by atomic mass is 35.5. The van der Waals surface area contributed by atoms with Crippen LogP contribution >= 0.6 is 11.6 Å². The van der Waals surface area contributed by atoms with Crippen LogP contribution in [0.4, 0.5) is 15.9 Å². The van der Waals surface area contributed by atoms with Crippen molar-refractivity contribution >= 4 is 29.0 Å². The number of hydrogen-bond acceptors (Lipinski definition) is 4. The third-order valence-corrected chi connectivity index (χ3v) is 5.44. The summed E-state index contributed by atoms with van der Waals surface area (Å²) in [6.07, 6.45) is 3.10. The number of fused-ring (bicyclic) bond motifs is 1. The zero-order valence-electron chi connectivity index (χ0n) is 16.2. The summed E-state index contributed by atoms with van der Waals surface area (Å²) in [5, 5.41) is 11.8. The van der Waals surface area contributed by atoms with Crippen molar-refractivity contribution in [3.63, 3.8) is 0 Å². The van der Waals surface area contributed by atoms with E-state index in [4.69, 9.17) is 16.7 Å². The molecule has 154 valence electrons. The second kappa shape index (κ2) is 8.81. The van der Waals surface area contributed by atoms with Gasteiger partial charge in [0, 0.05) is 30.5 Å². The monoisotopic (exact) mass is 425 g/mol. The van der Waals surface area contributed by atoms with E-state index in [9.17, 15) is 9.18 Å². The quantitative estimate of drug-likeness (QED) is 0.629. The van der Waals surface area contributed by atoms with E-state index in [1.165, 1.54) is 6.07 Å². The Balaban J connectivity index is 1.59. The molecule has 0 unspecified atom stereocenters. The Morgan fingerprint density at radius 3 is 2.83 bits per heavy atom. The molecule has 30 heavy (non-hydrogen) atoms. The van der Waals surface area contributed by atoms with Gasteiger partial charge in [-0.2, -0.15) is 0 Å². The van der Waals surface area contributed by atoms with E-state index in [-0.39, 0.29) is 24.1 Å². The minimum atomic E-state index is -0.427. The molecule has 0 saturated heterocycles. The van der Waals surface area contributed by atoms with Crippen LogP contribution in [0.3, 0.4) is 0 Å². The normalized spacial score (nSPS) is 12.7. The predicted molar refractivity (Wildman–Crippen MR) is 115 cm³/mol. The molecule has 1 aliphatic heterocycles. The van der Waals surface area contributed by atoms with Crippen LogP contribution in [0.5, 0.6) is 0 Å². The molecule has 1 amide bonds. The van der Waals surface area contributed by atoms with Gasteiger partial charge in [-0.3, -0.25) is 4.79 Å². The molecule has 0 bridgehead atoms. The summed E-state index contributed by atoms with van der Waals surface area (Å²) in [5.41, 5.74) is 4.52.